The Labute approximate surface area is 189 Å². The monoisotopic (exact) mass is 465 g/mol. The Bertz CT molecular complexity index is 1040. The molecule has 1 saturated carbocycles. The number of benzene rings is 1. The maximum atomic E-state index is 13.8. The summed E-state index contributed by atoms with van der Waals surface area (Å²) in [6.07, 6.45) is 3.42. The Balaban J connectivity index is 1.54. The first-order valence-corrected chi connectivity index (χ1v) is 11.2. The Morgan fingerprint density at radius 1 is 1.21 bits per heavy atom. The second-order valence-corrected chi connectivity index (χ2v) is 8.46. The molecular weight excluding hydrogens is 437 g/mol. The minimum Gasteiger partial charge on any atom is -0.493 e. The molecule has 4 rings (SSSR count). The van der Waals surface area contributed by atoms with Gasteiger partial charge in [0.2, 0.25) is 5.82 Å². The van der Waals surface area contributed by atoms with E-state index in [0.717, 1.165) is 31.7 Å². The van der Waals surface area contributed by atoms with E-state index in [1.165, 1.54) is 31.4 Å². The summed E-state index contributed by atoms with van der Waals surface area (Å²) in [5.41, 5.74) is 5.76. The van der Waals surface area contributed by atoms with E-state index >= 15 is 0 Å². The van der Waals surface area contributed by atoms with Gasteiger partial charge in [-0.05, 0) is 37.0 Å². The van der Waals surface area contributed by atoms with Crippen molar-refractivity contribution in [1.29, 1.82) is 0 Å². The van der Waals surface area contributed by atoms with E-state index in [9.17, 15) is 13.2 Å². The lowest BCUT2D eigenvalue weighted by Crippen LogP contribution is -2.32. The molecule has 0 unspecified atom stereocenters. The molecule has 178 valence electrons. The average Bonchev–Trinajstić information content (AvgIpc) is 3.48. The molecule has 2 aromatic rings. The number of hydrogen-bond acceptors (Lipinski definition) is 6. The summed E-state index contributed by atoms with van der Waals surface area (Å²) in [6.45, 7) is 0.850. The van der Waals surface area contributed by atoms with Gasteiger partial charge >= 0.3 is 12.1 Å². The predicted molar refractivity (Wildman–Crippen MR) is 116 cm³/mol. The number of halogens is 3. The molecule has 4 N–H and O–H groups in total. The number of rotatable bonds is 6. The minimum absolute atomic E-state index is 0.0480. The number of guanidine groups is 1. The Hall–Kier alpha value is -3.11. The molecular formula is C22H28F3N6O2+. The van der Waals surface area contributed by atoms with Crippen molar-refractivity contribution in [2.24, 2.45) is 22.6 Å². The number of hydrogen-bond donors (Lipinski definition) is 2. The lowest BCUT2D eigenvalue weighted by atomic mass is 9.87. The van der Waals surface area contributed by atoms with E-state index < -0.39 is 11.7 Å². The Morgan fingerprint density at radius 3 is 2.73 bits per heavy atom. The van der Waals surface area contributed by atoms with Crippen LogP contribution in [0.25, 0.3) is 11.4 Å². The van der Waals surface area contributed by atoms with Gasteiger partial charge in [0.05, 0.1) is 18.7 Å². The van der Waals surface area contributed by atoms with E-state index in [2.05, 4.69) is 15.2 Å². The fourth-order valence-electron chi connectivity index (χ4n) is 4.51. The summed E-state index contributed by atoms with van der Waals surface area (Å²) in [4.78, 5) is 4.29. The van der Waals surface area contributed by atoms with Gasteiger partial charge in [0.15, 0.2) is 0 Å². The Kier molecular flexibility index (Phi) is 6.85. The highest BCUT2D eigenvalue weighted by Gasteiger charge is 2.35. The van der Waals surface area contributed by atoms with Crippen molar-refractivity contribution in [2.75, 3.05) is 13.2 Å². The smallest absolute Gasteiger partial charge is 0.419 e. The zero-order valence-electron chi connectivity index (χ0n) is 18.3. The van der Waals surface area contributed by atoms with Crippen LogP contribution in [-0.4, -0.2) is 39.5 Å². The largest absolute Gasteiger partial charge is 0.493 e. The summed E-state index contributed by atoms with van der Waals surface area (Å²) in [6, 6.07) is 3.83. The summed E-state index contributed by atoms with van der Waals surface area (Å²) in [5, 5.41) is 7.36. The maximum Gasteiger partial charge on any atom is 0.419 e. The number of hydrazone groups is 1. The SMILES string of the molecule is N/N=C(/N)[N+]1=C(c2nc(-c3ccc(OCCC4CCCCC4)c(C(F)(F)F)c3)no2)CCC1. The molecule has 0 amide bonds. The van der Waals surface area contributed by atoms with Crippen molar-refractivity contribution < 1.29 is 27.0 Å². The van der Waals surface area contributed by atoms with Crippen LogP contribution in [-0.2, 0) is 6.18 Å². The van der Waals surface area contributed by atoms with Crippen molar-refractivity contribution in [2.45, 2.75) is 57.5 Å². The average molecular weight is 466 g/mol. The van der Waals surface area contributed by atoms with Crippen molar-refractivity contribution in [1.82, 2.24) is 10.1 Å². The second kappa shape index (κ2) is 9.80. The summed E-state index contributed by atoms with van der Waals surface area (Å²) in [7, 11) is 0. The number of nitrogens with zero attached hydrogens (tertiary/aromatic N) is 4. The van der Waals surface area contributed by atoms with Crippen LogP contribution in [0.1, 0.15) is 62.8 Å². The fourth-order valence-corrected chi connectivity index (χ4v) is 4.51. The maximum absolute atomic E-state index is 13.8. The zero-order valence-corrected chi connectivity index (χ0v) is 18.3. The highest BCUT2D eigenvalue weighted by atomic mass is 19.4. The molecule has 8 nitrogen and oxygen atoms in total. The standard InChI is InChI=1S/C22H27F3N6O2/c23-22(24,25)16-13-15(8-9-18(16)32-12-10-14-5-2-1-3-6-14)19-28-20(33-30-19)17-7-4-11-31(17)21(26)29-27/h8-9,13-14,26-27H,1-7,10-12H2,(H,28,30)/p+1. The summed E-state index contributed by atoms with van der Waals surface area (Å²) in [5.74, 6) is 5.93. The van der Waals surface area contributed by atoms with Crippen LogP contribution < -0.4 is 16.3 Å². The molecule has 1 aliphatic heterocycles. The molecule has 1 fully saturated rings. The molecule has 1 aromatic heterocycles. The third kappa shape index (κ3) is 5.28. The van der Waals surface area contributed by atoms with E-state index in [1.54, 1.807) is 4.58 Å². The van der Waals surface area contributed by atoms with E-state index in [1.807, 2.05) is 0 Å². The van der Waals surface area contributed by atoms with Crippen molar-refractivity contribution in [3.8, 4) is 17.1 Å². The van der Waals surface area contributed by atoms with Gasteiger partial charge < -0.3 is 9.26 Å². The molecule has 2 aliphatic rings. The number of aromatic nitrogens is 2. The normalized spacial score (nSPS) is 18.2. The van der Waals surface area contributed by atoms with Crippen molar-refractivity contribution >= 4 is 11.7 Å². The van der Waals surface area contributed by atoms with Crippen LogP contribution in [0.15, 0.2) is 27.8 Å². The lowest BCUT2D eigenvalue weighted by molar-refractivity contribution is -0.400. The van der Waals surface area contributed by atoms with Gasteiger partial charge in [-0.2, -0.15) is 18.2 Å². The van der Waals surface area contributed by atoms with Crippen LogP contribution >= 0.6 is 0 Å². The molecule has 33 heavy (non-hydrogen) atoms. The highest BCUT2D eigenvalue weighted by Crippen LogP contribution is 2.39. The van der Waals surface area contributed by atoms with Gasteiger partial charge in [-0.15, -0.1) is 0 Å². The van der Waals surface area contributed by atoms with Crippen molar-refractivity contribution in [3.63, 3.8) is 0 Å². The van der Waals surface area contributed by atoms with Gasteiger partial charge in [-0.25, -0.2) is 4.58 Å². The number of ether oxygens (including phenoxy) is 1. The summed E-state index contributed by atoms with van der Waals surface area (Å²) < 4.78 is 53.8. The van der Waals surface area contributed by atoms with Gasteiger partial charge in [-0.3, -0.25) is 11.6 Å². The summed E-state index contributed by atoms with van der Waals surface area (Å²) >= 11 is 0. The third-order valence-electron chi connectivity index (χ3n) is 6.25. The lowest BCUT2D eigenvalue weighted by Gasteiger charge is -2.22. The fraction of sp³-hybridized carbons (Fsp3) is 0.545. The van der Waals surface area contributed by atoms with E-state index in [0.29, 0.717) is 24.6 Å². The van der Waals surface area contributed by atoms with Crippen LogP contribution in [0.5, 0.6) is 5.75 Å². The molecule has 0 bridgehead atoms. The van der Waals surface area contributed by atoms with Crippen LogP contribution in [0.3, 0.4) is 0 Å². The molecule has 1 aromatic carbocycles. The van der Waals surface area contributed by atoms with Crippen LogP contribution in [0, 0.1) is 5.92 Å². The minimum atomic E-state index is -4.58. The highest BCUT2D eigenvalue weighted by molar-refractivity contribution is 5.97. The quantitative estimate of drug-likeness (QED) is 0.220. The zero-order chi connectivity index (χ0) is 23.4. The number of alkyl halides is 3. The first kappa shape index (κ1) is 23.1. The topological polar surface area (TPSA) is 116 Å². The van der Waals surface area contributed by atoms with Gasteiger partial charge in [0.1, 0.15) is 11.5 Å². The molecule has 0 atom stereocenters. The molecule has 1 aliphatic carbocycles. The van der Waals surface area contributed by atoms with E-state index in [-0.39, 0.29) is 35.6 Å². The predicted octanol–water partition coefficient (Wildman–Crippen LogP) is 3.89. The second-order valence-electron chi connectivity index (χ2n) is 8.46. The third-order valence-corrected chi connectivity index (χ3v) is 6.25. The molecule has 2 heterocycles. The first-order valence-electron chi connectivity index (χ1n) is 11.2. The molecule has 0 spiro atoms. The molecule has 11 heteroatoms. The van der Waals surface area contributed by atoms with Gasteiger partial charge in [0.25, 0.3) is 5.89 Å². The first-order chi connectivity index (χ1) is 15.9. The Morgan fingerprint density at radius 2 is 2.00 bits per heavy atom. The number of nitrogens with two attached hydrogens (primary N) is 2. The van der Waals surface area contributed by atoms with Crippen LogP contribution in [0.2, 0.25) is 0 Å². The molecule has 0 radical (unpaired) electrons. The molecule has 0 saturated heterocycles. The van der Waals surface area contributed by atoms with Gasteiger partial charge in [0, 0.05) is 17.1 Å². The van der Waals surface area contributed by atoms with E-state index in [4.69, 9.17) is 20.8 Å². The van der Waals surface area contributed by atoms with Crippen molar-refractivity contribution in [3.05, 3.63) is 29.7 Å². The van der Waals surface area contributed by atoms with Gasteiger partial charge in [-0.1, -0.05) is 37.3 Å². The van der Waals surface area contributed by atoms with Crippen LogP contribution in [0.4, 0.5) is 13.2 Å².